The highest BCUT2D eigenvalue weighted by molar-refractivity contribution is 8.03. The molecule has 0 radical (unpaired) electrons. The minimum Gasteiger partial charge on any atom is -0.342 e. The van der Waals surface area contributed by atoms with E-state index >= 15 is 0 Å². The molecule has 0 fully saturated rings. The third kappa shape index (κ3) is 3.38. The third-order valence-electron chi connectivity index (χ3n) is 3.72. The first kappa shape index (κ1) is 15.6. The van der Waals surface area contributed by atoms with Crippen molar-refractivity contribution in [2.45, 2.75) is 12.0 Å². The van der Waals surface area contributed by atoms with Gasteiger partial charge in [-0.05, 0) is 35.7 Å². The second-order valence-corrected chi connectivity index (χ2v) is 6.15. The molecule has 1 N–H and O–H groups in total. The summed E-state index contributed by atoms with van der Waals surface area (Å²) in [6.07, 6.45) is 0. The van der Waals surface area contributed by atoms with Crippen molar-refractivity contribution in [3.63, 3.8) is 0 Å². The molecule has 118 valence electrons. The maximum Gasteiger partial charge on any atom is 0.269 e. The number of nitro benzene ring substituents is 1. The Hall–Kier alpha value is -2.31. The smallest absolute Gasteiger partial charge is 0.269 e. The number of nitrogens with zero attached hydrogens (tertiary/aromatic N) is 2. The van der Waals surface area contributed by atoms with Crippen LogP contribution in [0.5, 0.6) is 0 Å². The number of hydrogen-bond donors (Lipinski definition) is 1. The minimum atomic E-state index is -0.375. The highest BCUT2D eigenvalue weighted by Gasteiger charge is 2.26. The summed E-state index contributed by atoms with van der Waals surface area (Å²) in [6, 6.07) is 17.0. The highest BCUT2D eigenvalue weighted by Crippen LogP contribution is 2.36. The van der Waals surface area contributed by atoms with Crippen LogP contribution in [0, 0.1) is 10.1 Å². The van der Waals surface area contributed by atoms with Crippen LogP contribution in [0.15, 0.2) is 60.0 Å². The Bertz CT molecular complexity index is 716. The van der Waals surface area contributed by atoms with E-state index in [0.29, 0.717) is 0 Å². The Morgan fingerprint density at radius 3 is 2.48 bits per heavy atom. The lowest BCUT2D eigenvalue weighted by Gasteiger charge is -2.29. The first-order valence-corrected chi connectivity index (χ1v) is 8.21. The molecule has 1 atom stereocenters. The van der Waals surface area contributed by atoms with Gasteiger partial charge >= 0.3 is 0 Å². The molecule has 3 rings (SSSR count). The van der Waals surface area contributed by atoms with E-state index in [1.54, 1.807) is 36.0 Å². The number of rotatable bonds is 5. The van der Waals surface area contributed by atoms with Gasteiger partial charge in [-0.1, -0.05) is 42.1 Å². The monoisotopic (exact) mass is 327 g/mol. The van der Waals surface area contributed by atoms with Gasteiger partial charge in [-0.25, -0.2) is 0 Å². The molecule has 1 aliphatic rings. The van der Waals surface area contributed by atoms with Crippen LogP contribution >= 0.6 is 11.8 Å². The van der Waals surface area contributed by atoms with Gasteiger partial charge in [0.2, 0.25) is 0 Å². The molecule has 6 heteroatoms. The molecule has 1 unspecified atom stereocenters. The molecule has 0 amide bonds. The summed E-state index contributed by atoms with van der Waals surface area (Å²) < 4.78 is 0. The third-order valence-corrected chi connectivity index (χ3v) is 4.82. The van der Waals surface area contributed by atoms with Crippen molar-refractivity contribution in [3.05, 3.63) is 81.2 Å². The van der Waals surface area contributed by atoms with Gasteiger partial charge in [0.1, 0.15) is 5.50 Å². The normalized spacial score (nSPS) is 17.2. The van der Waals surface area contributed by atoms with E-state index in [-0.39, 0.29) is 16.1 Å². The van der Waals surface area contributed by atoms with Crippen molar-refractivity contribution < 1.29 is 4.92 Å². The van der Waals surface area contributed by atoms with Crippen molar-refractivity contribution in [1.82, 2.24) is 10.2 Å². The topological polar surface area (TPSA) is 58.4 Å². The molecule has 0 saturated carbocycles. The maximum atomic E-state index is 10.8. The SMILES string of the molecule is CNC1SC=C(c2ccc([N+](=O)[O-])cc2)N1Cc1ccccc1. The Morgan fingerprint density at radius 2 is 1.87 bits per heavy atom. The summed E-state index contributed by atoms with van der Waals surface area (Å²) in [5.41, 5.74) is 3.55. The highest BCUT2D eigenvalue weighted by atomic mass is 32.2. The lowest BCUT2D eigenvalue weighted by Crippen LogP contribution is -2.36. The fourth-order valence-corrected chi connectivity index (χ4v) is 3.56. The molecule has 23 heavy (non-hydrogen) atoms. The van der Waals surface area contributed by atoms with Crippen molar-refractivity contribution in [1.29, 1.82) is 0 Å². The van der Waals surface area contributed by atoms with Gasteiger partial charge in [0.05, 0.1) is 10.6 Å². The molecule has 5 nitrogen and oxygen atoms in total. The zero-order chi connectivity index (χ0) is 16.2. The quantitative estimate of drug-likeness (QED) is 0.671. The Kier molecular flexibility index (Phi) is 4.64. The van der Waals surface area contributed by atoms with E-state index in [4.69, 9.17) is 0 Å². The number of nitro groups is 1. The fraction of sp³-hybridized carbons (Fsp3) is 0.176. The van der Waals surface area contributed by atoms with Crippen LogP contribution in [0.2, 0.25) is 0 Å². The Morgan fingerprint density at radius 1 is 1.17 bits per heavy atom. The predicted molar refractivity (Wildman–Crippen MR) is 93.5 cm³/mol. The molecule has 1 heterocycles. The Labute approximate surface area is 139 Å². The number of non-ortho nitro benzene ring substituents is 1. The molecule has 0 aromatic heterocycles. The van der Waals surface area contributed by atoms with E-state index in [1.165, 1.54) is 5.56 Å². The summed E-state index contributed by atoms with van der Waals surface area (Å²) in [6.45, 7) is 0.780. The number of hydrogen-bond acceptors (Lipinski definition) is 5. The second-order valence-electron chi connectivity index (χ2n) is 5.20. The lowest BCUT2D eigenvalue weighted by atomic mass is 10.1. The zero-order valence-corrected chi connectivity index (χ0v) is 13.5. The predicted octanol–water partition coefficient (Wildman–Crippen LogP) is 3.65. The number of nitrogens with one attached hydrogen (secondary N) is 1. The molecule has 2 aromatic carbocycles. The molecule has 0 aliphatic carbocycles. The lowest BCUT2D eigenvalue weighted by molar-refractivity contribution is -0.384. The van der Waals surface area contributed by atoms with Crippen LogP contribution in [0.1, 0.15) is 11.1 Å². The molecule has 0 spiro atoms. The summed E-state index contributed by atoms with van der Waals surface area (Å²) >= 11 is 1.70. The largest absolute Gasteiger partial charge is 0.342 e. The molecular weight excluding hydrogens is 310 g/mol. The molecule has 0 saturated heterocycles. The molecule has 1 aliphatic heterocycles. The summed E-state index contributed by atoms with van der Waals surface area (Å²) in [5.74, 6) is 0. The van der Waals surface area contributed by atoms with Gasteiger partial charge in [0, 0.05) is 18.7 Å². The standard InChI is InChI=1S/C17H17N3O2S/c1-18-17-19(11-13-5-3-2-4-6-13)16(12-23-17)14-7-9-15(10-8-14)20(21)22/h2-10,12,17-18H,11H2,1H3. The van der Waals surface area contributed by atoms with Crippen LogP contribution in [-0.2, 0) is 6.54 Å². The summed E-state index contributed by atoms with van der Waals surface area (Å²) in [7, 11) is 1.93. The van der Waals surface area contributed by atoms with Crippen LogP contribution in [0.4, 0.5) is 5.69 Å². The summed E-state index contributed by atoms with van der Waals surface area (Å²) in [4.78, 5) is 12.7. The van der Waals surface area contributed by atoms with E-state index in [1.807, 2.05) is 25.2 Å². The number of benzene rings is 2. The van der Waals surface area contributed by atoms with Crippen LogP contribution in [-0.4, -0.2) is 22.4 Å². The van der Waals surface area contributed by atoms with E-state index in [2.05, 4.69) is 27.8 Å². The van der Waals surface area contributed by atoms with Gasteiger partial charge < -0.3 is 4.90 Å². The van der Waals surface area contributed by atoms with Gasteiger partial charge in [-0.15, -0.1) is 0 Å². The van der Waals surface area contributed by atoms with Crippen molar-refractivity contribution in [3.8, 4) is 0 Å². The van der Waals surface area contributed by atoms with Gasteiger partial charge in [0.25, 0.3) is 5.69 Å². The summed E-state index contributed by atoms with van der Waals surface area (Å²) in [5, 5.41) is 16.2. The molecule has 2 aromatic rings. The van der Waals surface area contributed by atoms with E-state index < -0.39 is 0 Å². The average molecular weight is 327 g/mol. The fourth-order valence-electron chi connectivity index (χ4n) is 2.56. The van der Waals surface area contributed by atoms with Gasteiger partial charge in [0.15, 0.2) is 0 Å². The first-order valence-electron chi connectivity index (χ1n) is 7.27. The Balaban J connectivity index is 1.86. The van der Waals surface area contributed by atoms with Crippen LogP contribution < -0.4 is 5.32 Å². The van der Waals surface area contributed by atoms with Crippen molar-refractivity contribution in [2.24, 2.45) is 0 Å². The van der Waals surface area contributed by atoms with Crippen molar-refractivity contribution in [2.75, 3.05) is 7.05 Å². The molecular formula is C17H17N3O2S. The van der Waals surface area contributed by atoms with Crippen LogP contribution in [0.25, 0.3) is 5.70 Å². The number of thioether (sulfide) groups is 1. The van der Waals surface area contributed by atoms with E-state index in [0.717, 1.165) is 17.8 Å². The maximum absolute atomic E-state index is 10.8. The zero-order valence-electron chi connectivity index (χ0n) is 12.7. The van der Waals surface area contributed by atoms with Crippen LogP contribution in [0.3, 0.4) is 0 Å². The average Bonchev–Trinajstić information content (AvgIpc) is 2.98. The van der Waals surface area contributed by atoms with E-state index in [9.17, 15) is 10.1 Å². The first-order chi connectivity index (χ1) is 11.2. The molecule has 0 bridgehead atoms. The van der Waals surface area contributed by atoms with Gasteiger partial charge in [-0.2, -0.15) is 0 Å². The minimum absolute atomic E-state index is 0.111. The van der Waals surface area contributed by atoms with Gasteiger partial charge in [-0.3, -0.25) is 15.4 Å². The van der Waals surface area contributed by atoms with Crippen molar-refractivity contribution >= 4 is 23.1 Å². The second kappa shape index (κ2) is 6.85.